The Morgan fingerprint density at radius 2 is 1.97 bits per heavy atom. The van der Waals surface area contributed by atoms with Crippen molar-refractivity contribution in [1.29, 1.82) is 0 Å². The van der Waals surface area contributed by atoms with E-state index in [1.165, 1.54) is 36.9 Å². The number of ether oxygens (including phenoxy) is 1. The molecule has 33 heavy (non-hydrogen) atoms. The summed E-state index contributed by atoms with van der Waals surface area (Å²) in [7, 11) is 1.85. The van der Waals surface area contributed by atoms with Gasteiger partial charge in [0.1, 0.15) is 11.4 Å². The van der Waals surface area contributed by atoms with Gasteiger partial charge in [0.05, 0.1) is 18.5 Å². The highest BCUT2D eigenvalue weighted by Gasteiger charge is 2.20. The minimum absolute atomic E-state index is 0.130. The molecule has 176 valence electrons. The molecule has 0 N–H and O–H groups in total. The Morgan fingerprint density at radius 1 is 1.21 bits per heavy atom. The van der Waals surface area contributed by atoms with Crippen molar-refractivity contribution in [3.05, 3.63) is 53.9 Å². The minimum atomic E-state index is 0.130. The molecule has 1 aromatic carbocycles. The number of benzene rings is 1. The van der Waals surface area contributed by atoms with E-state index in [0.29, 0.717) is 18.9 Å². The van der Waals surface area contributed by atoms with Gasteiger partial charge in [0, 0.05) is 37.5 Å². The molecule has 0 bridgehead atoms. The average Bonchev–Trinajstić information content (AvgIpc) is 3.09. The van der Waals surface area contributed by atoms with E-state index < -0.39 is 0 Å². The Hall–Kier alpha value is -2.82. The number of hydrogen-bond acceptors (Lipinski definition) is 3. The molecule has 0 spiro atoms. The molecule has 2 aromatic heterocycles. The van der Waals surface area contributed by atoms with E-state index >= 15 is 0 Å². The summed E-state index contributed by atoms with van der Waals surface area (Å²) in [5.41, 5.74) is 4.41. The third kappa shape index (κ3) is 5.58. The third-order valence-electron chi connectivity index (χ3n) is 6.75. The van der Waals surface area contributed by atoms with Crippen molar-refractivity contribution in [2.45, 2.75) is 65.8 Å². The van der Waals surface area contributed by atoms with Gasteiger partial charge in [0.15, 0.2) is 0 Å². The Bertz CT molecular complexity index is 1080. The molecule has 1 aliphatic carbocycles. The number of carbonyl (C=O) groups is 1. The van der Waals surface area contributed by atoms with Crippen LogP contribution in [0.4, 0.5) is 5.69 Å². The quantitative estimate of drug-likeness (QED) is 0.370. The summed E-state index contributed by atoms with van der Waals surface area (Å²) in [5.74, 6) is 2.22. The van der Waals surface area contributed by atoms with Crippen LogP contribution < -0.4 is 9.64 Å². The monoisotopic (exact) mass is 447 g/mol. The molecular weight excluding hydrogens is 410 g/mol. The van der Waals surface area contributed by atoms with Crippen molar-refractivity contribution in [2.24, 2.45) is 11.8 Å². The van der Waals surface area contributed by atoms with Crippen molar-refractivity contribution in [3.8, 4) is 5.75 Å². The lowest BCUT2D eigenvalue weighted by molar-refractivity contribution is -0.119. The molecule has 5 nitrogen and oxygen atoms in total. The number of aryl methyl sites for hydroxylation is 1. The van der Waals surface area contributed by atoms with E-state index in [1.54, 1.807) is 4.90 Å². The zero-order valence-electron chi connectivity index (χ0n) is 20.5. The van der Waals surface area contributed by atoms with E-state index in [0.717, 1.165) is 41.4 Å². The molecule has 2 heterocycles. The van der Waals surface area contributed by atoms with E-state index in [4.69, 9.17) is 9.72 Å². The minimum Gasteiger partial charge on any atom is -0.494 e. The lowest BCUT2D eigenvalue weighted by atomic mass is 9.83. The first-order valence-electron chi connectivity index (χ1n) is 12.4. The Balaban J connectivity index is 1.62. The molecule has 1 saturated carbocycles. The molecule has 4 rings (SSSR count). The van der Waals surface area contributed by atoms with Gasteiger partial charge in [-0.3, -0.25) is 4.79 Å². The molecule has 0 aliphatic heterocycles. The van der Waals surface area contributed by atoms with Crippen molar-refractivity contribution in [1.82, 2.24) is 9.55 Å². The third-order valence-corrected chi connectivity index (χ3v) is 6.75. The topological polar surface area (TPSA) is 47.4 Å². The molecular formula is C28H37N3O2. The van der Waals surface area contributed by atoms with Gasteiger partial charge in [-0.05, 0) is 55.0 Å². The lowest BCUT2D eigenvalue weighted by Crippen LogP contribution is -2.27. The SMILES string of the molecule is CCOc1ccc(Cc2cc3cc(N(C)C(=O)CC(C)C)cnc3n2CCC2CCC2)cc1. The number of aromatic nitrogens is 2. The van der Waals surface area contributed by atoms with Crippen LogP contribution in [0.25, 0.3) is 11.0 Å². The number of carbonyl (C=O) groups excluding carboxylic acids is 1. The number of nitrogens with zero attached hydrogens (tertiary/aromatic N) is 3. The van der Waals surface area contributed by atoms with Crippen molar-refractivity contribution in [3.63, 3.8) is 0 Å². The number of hydrogen-bond donors (Lipinski definition) is 0. The summed E-state index contributed by atoms with van der Waals surface area (Å²) in [5, 5.41) is 1.10. The van der Waals surface area contributed by atoms with Crippen LogP contribution in [0.1, 0.15) is 64.1 Å². The molecule has 1 amide bonds. The van der Waals surface area contributed by atoms with Crippen LogP contribution in [0, 0.1) is 11.8 Å². The summed E-state index contributed by atoms with van der Waals surface area (Å²) >= 11 is 0. The van der Waals surface area contributed by atoms with Gasteiger partial charge in [0.2, 0.25) is 5.91 Å². The normalized spacial score (nSPS) is 14.0. The van der Waals surface area contributed by atoms with Gasteiger partial charge in [-0.1, -0.05) is 45.2 Å². The van der Waals surface area contributed by atoms with Gasteiger partial charge in [-0.15, -0.1) is 0 Å². The maximum absolute atomic E-state index is 12.6. The zero-order chi connectivity index (χ0) is 23.4. The largest absolute Gasteiger partial charge is 0.494 e. The van der Waals surface area contributed by atoms with E-state index in [-0.39, 0.29) is 5.91 Å². The number of amides is 1. The first kappa shape index (κ1) is 23.3. The van der Waals surface area contributed by atoms with Crippen LogP contribution >= 0.6 is 0 Å². The first-order chi connectivity index (χ1) is 15.9. The molecule has 1 fully saturated rings. The second-order valence-corrected chi connectivity index (χ2v) is 9.78. The van der Waals surface area contributed by atoms with Crippen molar-refractivity contribution >= 4 is 22.6 Å². The number of rotatable bonds is 10. The summed E-state index contributed by atoms with van der Waals surface area (Å²) in [6, 6.07) is 12.8. The Kier molecular flexibility index (Phi) is 7.36. The Morgan fingerprint density at radius 3 is 2.61 bits per heavy atom. The van der Waals surface area contributed by atoms with Crippen LogP contribution in [0.2, 0.25) is 0 Å². The Labute approximate surface area is 197 Å². The van der Waals surface area contributed by atoms with Gasteiger partial charge in [0.25, 0.3) is 0 Å². The summed E-state index contributed by atoms with van der Waals surface area (Å²) in [4.78, 5) is 19.2. The van der Waals surface area contributed by atoms with E-state index in [9.17, 15) is 4.79 Å². The van der Waals surface area contributed by atoms with Gasteiger partial charge in [-0.2, -0.15) is 0 Å². The fourth-order valence-corrected chi connectivity index (χ4v) is 4.57. The second-order valence-electron chi connectivity index (χ2n) is 9.78. The van der Waals surface area contributed by atoms with Gasteiger partial charge in [-0.25, -0.2) is 4.98 Å². The number of pyridine rings is 1. The van der Waals surface area contributed by atoms with Crippen LogP contribution in [-0.2, 0) is 17.8 Å². The van der Waals surface area contributed by atoms with Crippen LogP contribution in [0.3, 0.4) is 0 Å². The highest BCUT2D eigenvalue weighted by Crippen LogP contribution is 2.32. The predicted octanol–water partition coefficient (Wildman–Crippen LogP) is 6.22. The summed E-state index contributed by atoms with van der Waals surface area (Å²) < 4.78 is 7.99. The smallest absolute Gasteiger partial charge is 0.227 e. The molecule has 0 saturated heterocycles. The summed E-state index contributed by atoms with van der Waals surface area (Å²) in [6.45, 7) is 7.82. The second kappa shape index (κ2) is 10.4. The predicted molar refractivity (Wildman–Crippen MR) is 135 cm³/mol. The van der Waals surface area contributed by atoms with Crippen molar-refractivity contribution < 1.29 is 9.53 Å². The lowest BCUT2D eigenvalue weighted by Gasteiger charge is -2.26. The maximum Gasteiger partial charge on any atom is 0.227 e. The molecule has 0 unspecified atom stereocenters. The number of anilines is 1. The molecule has 1 aliphatic rings. The number of fused-ring (bicyclic) bond motifs is 1. The standard InChI is InChI=1S/C28H37N3O2/c1-5-33-26-11-9-22(10-12-26)16-24-17-23-18-25(30(4)27(32)15-20(2)3)19-29-28(23)31(24)14-13-21-7-6-8-21/h9-12,17-21H,5-8,13-16H2,1-4H3. The zero-order valence-corrected chi connectivity index (χ0v) is 20.5. The fourth-order valence-electron chi connectivity index (χ4n) is 4.57. The molecule has 3 aromatic rings. The van der Waals surface area contributed by atoms with E-state index in [1.807, 2.05) is 32.3 Å². The van der Waals surface area contributed by atoms with Crippen LogP contribution in [-0.4, -0.2) is 29.1 Å². The molecule has 0 atom stereocenters. The van der Waals surface area contributed by atoms with Gasteiger partial charge < -0.3 is 14.2 Å². The first-order valence-corrected chi connectivity index (χ1v) is 12.4. The van der Waals surface area contributed by atoms with Crippen LogP contribution in [0.5, 0.6) is 5.75 Å². The molecule has 5 heteroatoms. The highest BCUT2D eigenvalue weighted by atomic mass is 16.5. The van der Waals surface area contributed by atoms with Crippen LogP contribution in [0.15, 0.2) is 42.6 Å². The van der Waals surface area contributed by atoms with Gasteiger partial charge >= 0.3 is 0 Å². The molecule has 0 radical (unpaired) electrons. The maximum atomic E-state index is 12.6. The average molecular weight is 448 g/mol. The highest BCUT2D eigenvalue weighted by molar-refractivity contribution is 5.94. The van der Waals surface area contributed by atoms with E-state index in [2.05, 4.69) is 42.7 Å². The summed E-state index contributed by atoms with van der Waals surface area (Å²) in [6.07, 6.45) is 8.53. The van der Waals surface area contributed by atoms with Crippen molar-refractivity contribution in [2.75, 3.05) is 18.6 Å². The fraction of sp³-hybridized carbons (Fsp3) is 0.500.